The van der Waals surface area contributed by atoms with Crippen LogP contribution in [0.15, 0.2) is 12.3 Å². The lowest BCUT2D eigenvalue weighted by atomic mass is 10.7. The molecule has 0 radical (unpaired) electrons. The molecule has 0 aromatic heterocycles. The van der Waals surface area contributed by atoms with E-state index in [0.29, 0.717) is 0 Å². The van der Waals surface area contributed by atoms with Crippen molar-refractivity contribution in [2.24, 2.45) is 5.73 Å². The standard InChI is InChI=1S/C4H10N2S/c1-6-7-4-2-3-5/h2-3,6H,4-5H2,1H3. The lowest BCUT2D eigenvalue weighted by molar-refractivity contribution is 1.29. The van der Waals surface area contributed by atoms with Crippen molar-refractivity contribution in [3.63, 3.8) is 0 Å². The van der Waals surface area contributed by atoms with E-state index in [2.05, 4.69) is 4.72 Å². The van der Waals surface area contributed by atoms with Crippen LogP contribution in [-0.2, 0) is 0 Å². The molecule has 3 heteroatoms. The molecular formula is C4H10N2S. The monoisotopic (exact) mass is 118 g/mol. The Labute approximate surface area is 48.3 Å². The molecule has 0 spiro atoms. The van der Waals surface area contributed by atoms with Gasteiger partial charge in [0.25, 0.3) is 0 Å². The van der Waals surface area contributed by atoms with E-state index in [1.165, 1.54) is 0 Å². The van der Waals surface area contributed by atoms with Gasteiger partial charge in [0.05, 0.1) is 0 Å². The maximum atomic E-state index is 5.05. The number of nitrogens with two attached hydrogens (primary N) is 1. The maximum Gasteiger partial charge on any atom is 0.0276 e. The molecule has 2 nitrogen and oxygen atoms in total. The van der Waals surface area contributed by atoms with Gasteiger partial charge in [-0.1, -0.05) is 18.0 Å². The SMILES string of the molecule is CNSCC=CN. The quantitative estimate of drug-likeness (QED) is 0.414. The topological polar surface area (TPSA) is 38.0 Å². The molecule has 0 amide bonds. The van der Waals surface area contributed by atoms with Gasteiger partial charge in [-0.3, -0.25) is 4.72 Å². The molecule has 0 saturated carbocycles. The first-order valence-electron chi connectivity index (χ1n) is 2.07. The summed E-state index contributed by atoms with van der Waals surface area (Å²) in [6.07, 6.45) is 3.44. The second-order valence-corrected chi connectivity index (χ2v) is 1.97. The van der Waals surface area contributed by atoms with Crippen LogP contribution in [0.2, 0.25) is 0 Å². The van der Waals surface area contributed by atoms with E-state index in [-0.39, 0.29) is 0 Å². The molecule has 0 aromatic carbocycles. The summed E-state index contributed by atoms with van der Waals surface area (Å²) in [5.41, 5.74) is 5.05. The van der Waals surface area contributed by atoms with Crippen LogP contribution in [0.3, 0.4) is 0 Å². The van der Waals surface area contributed by atoms with E-state index in [4.69, 9.17) is 5.73 Å². The Hall–Kier alpha value is -0.150. The Balaban J connectivity index is 2.69. The average Bonchev–Trinajstić information content (AvgIpc) is 1.69. The van der Waals surface area contributed by atoms with Gasteiger partial charge in [-0.15, -0.1) is 0 Å². The van der Waals surface area contributed by atoms with Crippen molar-refractivity contribution >= 4 is 11.9 Å². The number of hydrogen-bond acceptors (Lipinski definition) is 3. The number of hydrogen-bond donors (Lipinski definition) is 2. The van der Waals surface area contributed by atoms with Gasteiger partial charge in [0, 0.05) is 5.75 Å². The molecule has 0 unspecified atom stereocenters. The van der Waals surface area contributed by atoms with Crippen LogP contribution >= 0.6 is 11.9 Å². The Morgan fingerprint density at radius 1 is 1.86 bits per heavy atom. The van der Waals surface area contributed by atoms with Crippen LogP contribution in [0.25, 0.3) is 0 Å². The lowest BCUT2D eigenvalue weighted by Crippen LogP contribution is -1.91. The third-order valence-electron chi connectivity index (χ3n) is 0.460. The Morgan fingerprint density at radius 3 is 3.00 bits per heavy atom. The Kier molecular flexibility index (Phi) is 5.72. The molecule has 0 bridgehead atoms. The van der Waals surface area contributed by atoms with E-state index in [0.717, 1.165) is 5.75 Å². The van der Waals surface area contributed by atoms with Crippen LogP contribution in [-0.4, -0.2) is 12.8 Å². The van der Waals surface area contributed by atoms with Gasteiger partial charge >= 0.3 is 0 Å². The van der Waals surface area contributed by atoms with Crippen LogP contribution in [0.5, 0.6) is 0 Å². The van der Waals surface area contributed by atoms with Gasteiger partial charge in [0.15, 0.2) is 0 Å². The van der Waals surface area contributed by atoms with Crippen LogP contribution < -0.4 is 10.5 Å². The predicted molar refractivity (Wildman–Crippen MR) is 34.8 cm³/mol. The first-order valence-corrected chi connectivity index (χ1v) is 3.05. The Bertz CT molecular complexity index is 53.7. The maximum absolute atomic E-state index is 5.05. The van der Waals surface area contributed by atoms with Gasteiger partial charge in [-0.25, -0.2) is 0 Å². The highest BCUT2D eigenvalue weighted by Gasteiger charge is 1.71. The molecule has 0 rings (SSSR count). The first kappa shape index (κ1) is 6.85. The highest BCUT2D eigenvalue weighted by atomic mass is 32.2. The molecule has 0 aliphatic rings. The highest BCUT2D eigenvalue weighted by Crippen LogP contribution is 1.87. The van der Waals surface area contributed by atoms with Crippen LogP contribution in [0.4, 0.5) is 0 Å². The molecule has 0 aliphatic carbocycles. The summed E-state index contributed by atoms with van der Waals surface area (Å²) in [4.78, 5) is 0. The van der Waals surface area contributed by atoms with Crippen molar-refractivity contribution in [3.8, 4) is 0 Å². The van der Waals surface area contributed by atoms with Gasteiger partial charge in [-0.2, -0.15) is 0 Å². The van der Waals surface area contributed by atoms with Gasteiger partial charge < -0.3 is 5.73 Å². The molecule has 7 heavy (non-hydrogen) atoms. The zero-order valence-electron chi connectivity index (χ0n) is 4.35. The van der Waals surface area contributed by atoms with Gasteiger partial charge in [-0.05, 0) is 13.2 Å². The van der Waals surface area contributed by atoms with Crippen molar-refractivity contribution < 1.29 is 0 Å². The molecule has 0 fully saturated rings. The molecule has 3 N–H and O–H groups in total. The molecule has 0 saturated heterocycles. The summed E-state index contributed by atoms with van der Waals surface area (Å²) in [7, 11) is 1.88. The summed E-state index contributed by atoms with van der Waals surface area (Å²) in [6, 6.07) is 0. The number of rotatable bonds is 3. The molecule has 0 aromatic rings. The largest absolute Gasteiger partial charge is 0.405 e. The average molecular weight is 118 g/mol. The molecular weight excluding hydrogens is 108 g/mol. The molecule has 0 heterocycles. The van der Waals surface area contributed by atoms with Gasteiger partial charge in [0.2, 0.25) is 0 Å². The fourth-order valence-corrected chi connectivity index (χ4v) is 0.561. The van der Waals surface area contributed by atoms with Crippen molar-refractivity contribution in [1.29, 1.82) is 0 Å². The van der Waals surface area contributed by atoms with E-state index in [1.54, 1.807) is 18.1 Å². The first-order chi connectivity index (χ1) is 3.41. The second kappa shape index (κ2) is 5.85. The normalized spacial score (nSPS) is 10.4. The lowest BCUT2D eigenvalue weighted by Gasteiger charge is -1.87. The summed E-state index contributed by atoms with van der Waals surface area (Å²) >= 11 is 1.62. The van der Waals surface area contributed by atoms with Crippen LogP contribution in [0.1, 0.15) is 0 Å². The number of nitrogens with one attached hydrogen (secondary N) is 1. The summed E-state index contributed by atoms with van der Waals surface area (Å²) < 4.78 is 2.91. The van der Waals surface area contributed by atoms with E-state index in [1.807, 2.05) is 13.1 Å². The van der Waals surface area contributed by atoms with E-state index in [9.17, 15) is 0 Å². The van der Waals surface area contributed by atoms with Crippen molar-refractivity contribution in [3.05, 3.63) is 12.3 Å². The fourth-order valence-electron chi connectivity index (χ4n) is 0.187. The van der Waals surface area contributed by atoms with Crippen molar-refractivity contribution in [2.75, 3.05) is 12.8 Å². The molecule has 0 aliphatic heterocycles. The zero-order chi connectivity index (χ0) is 5.54. The van der Waals surface area contributed by atoms with Gasteiger partial charge in [0.1, 0.15) is 0 Å². The summed E-state index contributed by atoms with van der Waals surface area (Å²) in [5, 5.41) is 0. The Morgan fingerprint density at radius 2 is 2.57 bits per heavy atom. The predicted octanol–water partition coefficient (Wildman–Crippen LogP) is 0.326. The fraction of sp³-hybridized carbons (Fsp3) is 0.500. The smallest absolute Gasteiger partial charge is 0.0276 e. The summed E-state index contributed by atoms with van der Waals surface area (Å²) in [5.74, 6) is 0.938. The zero-order valence-corrected chi connectivity index (χ0v) is 5.16. The minimum Gasteiger partial charge on any atom is -0.405 e. The third-order valence-corrected chi connectivity index (χ3v) is 1.11. The van der Waals surface area contributed by atoms with Crippen LogP contribution in [0, 0.1) is 0 Å². The summed E-state index contributed by atoms with van der Waals surface area (Å²) in [6.45, 7) is 0. The minimum absolute atomic E-state index is 0.938. The van der Waals surface area contributed by atoms with Crippen molar-refractivity contribution in [1.82, 2.24) is 4.72 Å². The second-order valence-electron chi connectivity index (χ2n) is 0.943. The minimum atomic E-state index is 0.938. The van der Waals surface area contributed by atoms with Crippen molar-refractivity contribution in [2.45, 2.75) is 0 Å². The molecule has 0 atom stereocenters. The highest BCUT2D eigenvalue weighted by molar-refractivity contribution is 7.97. The molecule has 42 valence electrons. The third kappa shape index (κ3) is 5.85. The van der Waals surface area contributed by atoms with E-state index >= 15 is 0 Å². The van der Waals surface area contributed by atoms with E-state index < -0.39 is 0 Å².